The van der Waals surface area contributed by atoms with Gasteiger partial charge in [-0.1, -0.05) is 32.9 Å². The molecular formula is C14H26N2O. The molecule has 2 atom stereocenters. The molecule has 0 radical (unpaired) electrons. The van der Waals surface area contributed by atoms with Crippen LogP contribution in [0.4, 0.5) is 0 Å². The third kappa shape index (κ3) is 5.66. The van der Waals surface area contributed by atoms with Crippen molar-refractivity contribution in [1.29, 1.82) is 5.41 Å². The molecule has 98 valence electrons. The Balaban J connectivity index is 4.41. The number of rotatable bonds is 7. The summed E-state index contributed by atoms with van der Waals surface area (Å²) in [7, 11) is 1.63. The molecule has 0 aliphatic carbocycles. The van der Waals surface area contributed by atoms with Gasteiger partial charge in [-0.15, -0.1) is 0 Å². The Morgan fingerprint density at radius 1 is 1.29 bits per heavy atom. The smallest absolute Gasteiger partial charge is 0.220 e. The third-order valence-corrected chi connectivity index (χ3v) is 3.24. The van der Waals surface area contributed by atoms with Crippen LogP contribution in [0.2, 0.25) is 0 Å². The molecule has 0 bridgehead atoms. The molecule has 0 spiro atoms. The average molecular weight is 238 g/mol. The highest BCUT2D eigenvalue weighted by molar-refractivity contribution is 5.88. The number of allylic oxidation sites excluding steroid dienone is 1. The Morgan fingerprint density at radius 2 is 1.82 bits per heavy atom. The van der Waals surface area contributed by atoms with Crippen molar-refractivity contribution in [2.75, 3.05) is 7.05 Å². The second-order valence-electron chi connectivity index (χ2n) is 5.20. The van der Waals surface area contributed by atoms with Crippen LogP contribution in [-0.4, -0.2) is 18.7 Å². The Hall–Kier alpha value is -1.12. The lowest BCUT2D eigenvalue weighted by atomic mass is 9.82. The van der Waals surface area contributed by atoms with Gasteiger partial charge in [0.15, 0.2) is 0 Å². The van der Waals surface area contributed by atoms with Gasteiger partial charge < -0.3 is 10.7 Å². The Kier molecular flexibility index (Phi) is 6.78. The van der Waals surface area contributed by atoms with Crippen molar-refractivity contribution >= 4 is 11.6 Å². The lowest BCUT2D eigenvalue weighted by Crippen LogP contribution is -2.25. The molecule has 1 amide bonds. The summed E-state index contributed by atoms with van der Waals surface area (Å²) >= 11 is 0. The van der Waals surface area contributed by atoms with E-state index in [1.807, 2.05) is 13.8 Å². The first-order valence-electron chi connectivity index (χ1n) is 6.22. The van der Waals surface area contributed by atoms with Crippen molar-refractivity contribution in [3.05, 3.63) is 12.2 Å². The molecule has 0 aromatic carbocycles. The van der Waals surface area contributed by atoms with Crippen LogP contribution < -0.4 is 5.32 Å². The van der Waals surface area contributed by atoms with E-state index in [0.29, 0.717) is 30.4 Å². The molecule has 0 saturated carbocycles. The normalized spacial score (nSPS) is 14.2. The van der Waals surface area contributed by atoms with Gasteiger partial charge in [0.05, 0.1) is 0 Å². The Bertz CT molecular complexity index is 295. The van der Waals surface area contributed by atoms with E-state index in [9.17, 15) is 4.79 Å². The van der Waals surface area contributed by atoms with Crippen LogP contribution >= 0.6 is 0 Å². The minimum atomic E-state index is -0.00123. The minimum absolute atomic E-state index is 0.00123. The number of carbonyl (C=O) groups is 1. The van der Waals surface area contributed by atoms with Crippen LogP contribution in [0.5, 0.6) is 0 Å². The van der Waals surface area contributed by atoms with Crippen LogP contribution in [-0.2, 0) is 4.79 Å². The van der Waals surface area contributed by atoms with Gasteiger partial charge in [-0.3, -0.25) is 4.79 Å². The highest BCUT2D eigenvalue weighted by Gasteiger charge is 2.20. The van der Waals surface area contributed by atoms with E-state index in [4.69, 9.17) is 5.41 Å². The highest BCUT2D eigenvalue weighted by Crippen LogP contribution is 2.25. The third-order valence-electron chi connectivity index (χ3n) is 3.24. The summed E-state index contributed by atoms with van der Waals surface area (Å²) in [6.07, 6.45) is 1.11. The molecule has 2 N–H and O–H groups in total. The van der Waals surface area contributed by atoms with Gasteiger partial charge in [-0.25, -0.2) is 0 Å². The molecule has 0 heterocycles. The Morgan fingerprint density at radius 3 is 2.18 bits per heavy atom. The number of nitrogens with one attached hydrogen (secondary N) is 2. The van der Waals surface area contributed by atoms with E-state index in [1.54, 1.807) is 7.05 Å². The largest absolute Gasteiger partial charge is 0.359 e. The first-order chi connectivity index (χ1) is 7.79. The number of hydrogen-bond acceptors (Lipinski definition) is 2. The maximum Gasteiger partial charge on any atom is 0.220 e. The van der Waals surface area contributed by atoms with Crippen LogP contribution in [0.3, 0.4) is 0 Å². The zero-order valence-corrected chi connectivity index (χ0v) is 11.8. The van der Waals surface area contributed by atoms with Gasteiger partial charge in [0, 0.05) is 25.1 Å². The van der Waals surface area contributed by atoms with Crippen molar-refractivity contribution in [3.63, 3.8) is 0 Å². The standard InChI is InChI=1S/C14H26N2O/c1-9(2)12(10(3)4)8-13(15)11(5)7-14(17)16-6/h10-12,15H,1,7-8H2,2-6H3,(H,16,17)/t11-,12+/m0/s1. The summed E-state index contributed by atoms with van der Waals surface area (Å²) in [6.45, 7) is 12.2. The van der Waals surface area contributed by atoms with Crippen molar-refractivity contribution in [1.82, 2.24) is 5.32 Å². The predicted octanol–water partition coefficient (Wildman–Crippen LogP) is 3.02. The van der Waals surface area contributed by atoms with Gasteiger partial charge in [0.25, 0.3) is 0 Å². The minimum Gasteiger partial charge on any atom is -0.359 e. The molecular weight excluding hydrogens is 212 g/mol. The maximum absolute atomic E-state index is 11.3. The first-order valence-corrected chi connectivity index (χ1v) is 6.22. The van der Waals surface area contributed by atoms with Crippen molar-refractivity contribution < 1.29 is 4.79 Å². The highest BCUT2D eigenvalue weighted by atomic mass is 16.1. The van der Waals surface area contributed by atoms with Gasteiger partial charge >= 0.3 is 0 Å². The number of amides is 1. The molecule has 0 rings (SSSR count). The molecule has 3 heteroatoms. The molecule has 0 aliphatic heterocycles. The monoisotopic (exact) mass is 238 g/mol. The molecule has 0 aromatic rings. The number of hydrogen-bond donors (Lipinski definition) is 2. The topological polar surface area (TPSA) is 53.0 Å². The second-order valence-corrected chi connectivity index (χ2v) is 5.20. The Labute approximate surface area is 105 Å². The quantitative estimate of drug-likeness (QED) is 0.520. The zero-order valence-electron chi connectivity index (χ0n) is 11.8. The molecule has 0 aromatic heterocycles. The molecule has 0 saturated heterocycles. The van der Waals surface area contributed by atoms with Crippen LogP contribution in [0, 0.1) is 23.2 Å². The van der Waals surface area contributed by atoms with Gasteiger partial charge in [0.1, 0.15) is 0 Å². The first kappa shape index (κ1) is 15.9. The molecule has 0 unspecified atom stereocenters. The van der Waals surface area contributed by atoms with E-state index in [1.165, 1.54) is 0 Å². The summed E-state index contributed by atoms with van der Waals surface area (Å²) in [5, 5.41) is 10.7. The van der Waals surface area contributed by atoms with Gasteiger partial charge in [-0.05, 0) is 25.2 Å². The van der Waals surface area contributed by atoms with E-state index in [0.717, 1.165) is 5.57 Å². The lowest BCUT2D eigenvalue weighted by molar-refractivity contribution is -0.121. The molecule has 3 nitrogen and oxygen atoms in total. The van der Waals surface area contributed by atoms with Crippen molar-refractivity contribution in [2.24, 2.45) is 17.8 Å². The SMILES string of the molecule is C=C(C)[C@@H](CC(=N)[C@@H](C)CC(=O)NC)C(C)C. The van der Waals surface area contributed by atoms with Gasteiger partial charge in [0.2, 0.25) is 5.91 Å². The van der Waals surface area contributed by atoms with Crippen LogP contribution in [0.25, 0.3) is 0 Å². The summed E-state index contributed by atoms with van der Waals surface area (Å²) in [5.74, 6) is 0.837. The summed E-state index contributed by atoms with van der Waals surface area (Å²) < 4.78 is 0. The molecule has 0 aliphatic rings. The summed E-state index contributed by atoms with van der Waals surface area (Å²) in [4.78, 5) is 11.3. The molecule has 17 heavy (non-hydrogen) atoms. The van der Waals surface area contributed by atoms with Crippen molar-refractivity contribution in [2.45, 2.75) is 40.5 Å². The van der Waals surface area contributed by atoms with E-state index >= 15 is 0 Å². The van der Waals surface area contributed by atoms with E-state index in [-0.39, 0.29) is 11.8 Å². The van der Waals surface area contributed by atoms with Crippen molar-refractivity contribution in [3.8, 4) is 0 Å². The number of carbonyl (C=O) groups excluding carboxylic acids is 1. The van der Waals surface area contributed by atoms with Crippen LogP contribution in [0.15, 0.2) is 12.2 Å². The fourth-order valence-electron chi connectivity index (χ4n) is 1.92. The van der Waals surface area contributed by atoms with E-state index < -0.39 is 0 Å². The zero-order chi connectivity index (χ0) is 13.6. The second kappa shape index (κ2) is 7.25. The van der Waals surface area contributed by atoms with Crippen LogP contribution in [0.1, 0.15) is 40.5 Å². The lowest BCUT2D eigenvalue weighted by Gasteiger charge is -2.23. The summed E-state index contributed by atoms with van der Waals surface area (Å²) in [5.41, 5.74) is 1.77. The fourth-order valence-corrected chi connectivity index (χ4v) is 1.92. The average Bonchev–Trinajstić information content (AvgIpc) is 2.23. The predicted molar refractivity (Wildman–Crippen MR) is 73.3 cm³/mol. The summed E-state index contributed by atoms with van der Waals surface area (Å²) in [6, 6.07) is 0. The van der Waals surface area contributed by atoms with E-state index in [2.05, 4.69) is 25.7 Å². The van der Waals surface area contributed by atoms with Gasteiger partial charge in [-0.2, -0.15) is 0 Å². The maximum atomic E-state index is 11.3. The fraction of sp³-hybridized carbons (Fsp3) is 0.714. The molecule has 0 fully saturated rings.